The van der Waals surface area contributed by atoms with Crippen LogP contribution >= 0.6 is 0 Å². The minimum atomic E-state index is -3.04. The summed E-state index contributed by atoms with van der Waals surface area (Å²) in [5.74, 6) is -2.41. The van der Waals surface area contributed by atoms with Crippen LogP contribution in [0.1, 0.15) is 45.9 Å². The number of rotatable bonds is 4. The second kappa shape index (κ2) is 7.26. The van der Waals surface area contributed by atoms with E-state index in [9.17, 15) is 27.2 Å². The van der Waals surface area contributed by atoms with Crippen molar-refractivity contribution in [1.29, 1.82) is 0 Å². The summed E-state index contributed by atoms with van der Waals surface area (Å²) in [6, 6.07) is 4.30. The number of fused-ring (bicyclic) bond motifs is 1. The molecule has 0 heterocycles. The first-order valence-electron chi connectivity index (χ1n) is 7.97. The minimum absolute atomic E-state index is 0.0343. The van der Waals surface area contributed by atoms with Crippen molar-refractivity contribution in [3.63, 3.8) is 0 Å². The second-order valence-electron chi connectivity index (χ2n) is 6.02. The fourth-order valence-electron chi connectivity index (χ4n) is 3.21. The zero-order valence-corrected chi connectivity index (χ0v) is 13.7. The second-order valence-corrected chi connectivity index (χ2v) is 6.02. The number of carbonyl (C=O) groups excluding carboxylic acids is 1. The van der Waals surface area contributed by atoms with Gasteiger partial charge in [-0.2, -0.15) is 0 Å². The Labute approximate surface area is 151 Å². The molecule has 0 aliphatic heterocycles. The number of halogens is 4. The molecule has 0 fully saturated rings. The molecule has 0 radical (unpaired) electrons. The van der Waals surface area contributed by atoms with Crippen molar-refractivity contribution < 1.29 is 32.3 Å². The molecule has 2 aromatic rings. The van der Waals surface area contributed by atoms with Crippen LogP contribution in [0, 0.1) is 11.6 Å². The standard InChI is InChI=1S/C18H14F4N2O3/c19-12-4-1-8(7-11(12)16(21)22)23-17(25)10-2-5-13(20)15-9(10)3-6-14(15)24-18(26)27/h1-2,4-5,7,14,16,24H,3,6H2,(H,23,25)(H,26,27)/t14-/m0/s1. The lowest BCUT2D eigenvalue weighted by atomic mass is 10.0. The van der Waals surface area contributed by atoms with Gasteiger partial charge in [-0.05, 0) is 48.7 Å². The van der Waals surface area contributed by atoms with E-state index in [1.165, 1.54) is 6.07 Å². The maximum Gasteiger partial charge on any atom is 0.405 e. The number of benzene rings is 2. The van der Waals surface area contributed by atoms with Gasteiger partial charge in [-0.25, -0.2) is 22.4 Å². The van der Waals surface area contributed by atoms with Gasteiger partial charge in [0.1, 0.15) is 11.6 Å². The molecule has 0 unspecified atom stereocenters. The molecule has 2 aromatic carbocycles. The summed E-state index contributed by atoms with van der Waals surface area (Å²) in [6.07, 6.45) is -3.80. The predicted molar refractivity (Wildman–Crippen MR) is 87.9 cm³/mol. The summed E-state index contributed by atoms with van der Waals surface area (Å²) in [4.78, 5) is 23.4. The van der Waals surface area contributed by atoms with Crippen LogP contribution in [-0.2, 0) is 6.42 Å². The van der Waals surface area contributed by atoms with E-state index in [1.807, 2.05) is 0 Å². The van der Waals surface area contributed by atoms with Crippen molar-refractivity contribution in [2.45, 2.75) is 25.3 Å². The van der Waals surface area contributed by atoms with Crippen molar-refractivity contribution in [1.82, 2.24) is 5.32 Å². The summed E-state index contributed by atoms with van der Waals surface area (Å²) in [5.41, 5.74) is -0.334. The maximum atomic E-state index is 14.2. The first-order valence-corrected chi connectivity index (χ1v) is 7.97. The molecule has 9 heteroatoms. The third-order valence-corrected chi connectivity index (χ3v) is 4.37. The van der Waals surface area contributed by atoms with E-state index >= 15 is 0 Å². The molecular weight excluding hydrogens is 368 g/mol. The normalized spacial score (nSPS) is 15.5. The molecule has 142 valence electrons. The summed E-state index contributed by atoms with van der Waals surface area (Å²) in [7, 11) is 0. The average Bonchev–Trinajstić information content (AvgIpc) is 3.00. The largest absolute Gasteiger partial charge is 0.465 e. The summed E-state index contributed by atoms with van der Waals surface area (Å²) in [5, 5.41) is 13.4. The van der Waals surface area contributed by atoms with E-state index < -0.39 is 41.7 Å². The molecule has 1 aliphatic carbocycles. The molecule has 3 rings (SSSR count). The third-order valence-electron chi connectivity index (χ3n) is 4.37. The monoisotopic (exact) mass is 382 g/mol. The Kier molecular flexibility index (Phi) is 5.02. The molecule has 0 spiro atoms. The Morgan fingerprint density at radius 3 is 2.48 bits per heavy atom. The summed E-state index contributed by atoms with van der Waals surface area (Å²) < 4.78 is 53.1. The van der Waals surface area contributed by atoms with Gasteiger partial charge in [0.05, 0.1) is 11.6 Å². The van der Waals surface area contributed by atoms with Gasteiger partial charge in [0.2, 0.25) is 0 Å². The molecule has 3 N–H and O–H groups in total. The number of hydrogen-bond donors (Lipinski definition) is 3. The topological polar surface area (TPSA) is 78.4 Å². The van der Waals surface area contributed by atoms with Crippen LogP contribution in [0.15, 0.2) is 30.3 Å². The molecule has 1 aliphatic rings. The fraction of sp³-hybridized carbons (Fsp3) is 0.222. The molecule has 0 aromatic heterocycles. The summed E-state index contributed by atoms with van der Waals surface area (Å²) >= 11 is 0. The number of alkyl halides is 2. The first-order chi connectivity index (χ1) is 12.8. The Bertz CT molecular complexity index is 918. The molecule has 0 saturated carbocycles. The van der Waals surface area contributed by atoms with Gasteiger partial charge in [0, 0.05) is 16.8 Å². The Hall–Kier alpha value is -3.10. The molecule has 0 bridgehead atoms. The van der Waals surface area contributed by atoms with Gasteiger partial charge in [-0.3, -0.25) is 4.79 Å². The van der Waals surface area contributed by atoms with Crippen LogP contribution in [-0.4, -0.2) is 17.1 Å². The van der Waals surface area contributed by atoms with Gasteiger partial charge >= 0.3 is 6.09 Å². The minimum Gasteiger partial charge on any atom is -0.465 e. The number of anilines is 1. The van der Waals surface area contributed by atoms with E-state index in [1.54, 1.807) is 0 Å². The number of carbonyl (C=O) groups is 2. The van der Waals surface area contributed by atoms with E-state index in [4.69, 9.17) is 5.11 Å². The Balaban J connectivity index is 1.90. The molecule has 0 saturated heterocycles. The van der Waals surface area contributed by atoms with Gasteiger partial charge in [0.25, 0.3) is 12.3 Å². The average molecular weight is 382 g/mol. The zero-order chi connectivity index (χ0) is 19.7. The van der Waals surface area contributed by atoms with Crippen LogP contribution in [0.2, 0.25) is 0 Å². The van der Waals surface area contributed by atoms with Gasteiger partial charge in [-0.15, -0.1) is 0 Å². The lowest BCUT2D eigenvalue weighted by Gasteiger charge is -2.14. The lowest BCUT2D eigenvalue weighted by Crippen LogP contribution is -2.25. The molecule has 27 heavy (non-hydrogen) atoms. The van der Waals surface area contributed by atoms with E-state index in [2.05, 4.69) is 10.6 Å². The summed E-state index contributed by atoms with van der Waals surface area (Å²) in [6.45, 7) is 0. The van der Waals surface area contributed by atoms with Gasteiger partial charge < -0.3 is 15.7 Å². The number of nitrogens with one attached hydrogen (secondary N) is 2. The van der Waals surface area contributed by atoms with Crippen LogP contribution in [0.25, 0.3) is 0 Å². The van der Waals surface area contributed by atoms with E-state index in [0.717, 1.165) is 24.3 Å². The van der Waals surface area contributed by atoms with Crippen molar-refractivity contribution >= 4 is 17.7 Å². The highest BCUT2D eigenvalue weighted by Gasteiger charge is 2.31. The van der Waals surface area contributed by atoms with Gasteiger partial charge in [0.15, 0.2) is 0 Å². The smallest absolute Gasteiger partial charge is 0.405 e. The number of carboxylic acid groups (broad SMARTS) is 1. The van der Waals surface area contributed by atoms with Crippen molar-refractivity contribution in [3.8, 4) is 0 Å². The van der Waals surface area contributed by atoms with Crippen molar-refractivity contribution in [2.24, 2.45) is 0 Å². The van der Waals surface area contributed by atoms with Crippen LogP contribution in [0.5, 0.6) is 0 Å². The molecule has 1 atom stereocenters. The van der Waals surface area contributed by atoms with Crippen molar-refractivity contribution in [3.05, 3.63) is 64.2 Å². The fourth-order valence-corrected chi connectivity index (χ4v) is 3.21. The van der Waals surface area contributed by atoms with Crippen LogP contribution in [0.3, 0.4) is 0 Å². The van der Waals surface area contributed by atoms with Crippen LogP contribution < -0.4 is 10.6 Å². The highest BCUT2D eigenvalue weighted by atomic mass is 19.3. The third kappa shape index (κ3) is 3.71. The molecule has 5 nitrogen and oxygen atoms in total. The Morgan fingerprint density at radius 2 is 1.81 bits per heavy atom. The van der Waals surface area contributed by atoms with Crippen LogP contribution in [0.4, 0.5) is 28.0 Å². The highest BCUT2D eigenvalue weighted by molar-refractivity contribution is 6.05. The highest BCUT2D eigenvalue weighted by Crippen LogP contribution is 2.36. The maximum absolute atomic E-state index is 14.2. The SMILES string of the molecule is O=C(O)N[C@H]1CCc2c(C(=O)Nc3ccc(F)c(C(F)F)c3)ccc(F)c21. The van der Waals surface area contributed by atoms with Gasteiger partial charge in [-0.1, -0.05) is 0 Å². The van der Waals surface area contributed by atoms with E-state index in [-0.39, 0.29) is 29.7 Å². The number of hydrogen-bond acceptors (Lipinski definition) is 2. The Morgan fingerprint density at radius 1 is 1.11 bits per heavy atom. The number of amides is 2. The lowest BCUT2D eigenvalue weighted by molar-refractivity contribution is 0.102. The quantitative estimate of drug-likeness (QED) is 0.686. The predicted octanol–water partition coefficient (Wildman–Crippen LogP) is 4.41. The first kappa shape index (κ1) is 18.7. The molecular formula is C18H14F4N2O3. The van der Waals surface area contributed by atoms with Crippen molar-refractivity contribution in [2.75, 3.05) is 5.32 Å². The molecule has 2 amide bonds. The zero-order valence-electron chi connectivity index (χ0n) is 13.7. The van der Waals surface area contributed by atoms with E-state index in [0.29, 0.717) is 5.56 Å².